The number of nitrogens with zero attached hydrogens (tertiary/aromatic N) is 4. The maximum Gasteiger partial charge on any atom is 0.337 e. The molecule has 5 rings (SSSR count). The smallest absolute Gasteiger partial charge is 0.337 e. The van der Waals surface area contributed by atoms with E-state index in [1.807, 2.05) is 18.2 Å². The van der Waals surface area contributed by atoms with Crippen LogP contribution in [0.15, 0.2) is 72.8 Å². The minimum absolute atomic E-state index is 0.0318. The molecule has 4 aromatic rings. The van der Waals surface area contributed by atoms with Crippen molar-refractivity contribution in [3.05, 3.63) is 89.5 Å². The minimum atomic E-state index is -1.14. The monoisotopic (exact) mass is 583 g/mol. The van der Waals surface area contributed by atoms with Gasteiger partial charge in [-0.3, -0.25) is 14.5 Å². The number of hydrogen-bond acceptors (Lipinski definition) is 8. The first-order valence-electron chi connectivity index (χ1n) is 14.2. The van der Waals surface area contributed by atoms with Gasteiger partial charge in [0.1, 0.15) is 18.1 Å². The van der Waals surface area contributed by atoms with Gasteiger partial charge in [0.15, 0.2) is 0 Å². The molecule has 11 nitrogen and oxygen atoms in total. The zero-order chi connectivity index (χ0) is 30.3. The van der Waals surface area contributed by atoms with Crippen LogP contribution in [0.2, 0.25) is 0 Å². The highest BCUT2D eigenvalue weighted by Crippen LogP contribution is 2.31. The Hall–Kier alpha value is -5.06. The summed E-state index contributed by atoms with van der Waals surface area (Å²) in [5.41, 5.74) is 2.59. The van der Waals surface area contributed by atoms with E-state index in [9.17, 15) is 19.2 Å². The maximum absolute atomic E-state index is 14.3. The number of anilines is 1. The molecule has 0 unspecified atom stereocenters. The average molecular weight is 584 g/mol. The lowest BCUT2D eigenvalue weighted by molar-refractivity contribution is -0.127. The molecule has 1 aliphatic rings. The third-order valence-corrected chi connectivity index (χ3v) is 7.62. The van der Waals surface area contributed by atoms with E-state index < -0.39 is 23.9 Å². The number of rotatable bonds is 9. The number of carbonyl (C=O) groups is 4. The molecule has 1 aliphatic carbocycles. The van der Waals surface area contributed by atoms with Gasteiger partial charge in [-0.25, -0.2) is 14.3 Å². The second kappa shape index (κ2) is 13.3. The molecule has 43 heavy (non-hydrogen) atoms. The van der Waals surface area contributed by atoms with Crippen molar-refractivity contribution in [2.24, 2.45) is 0 Å². The van der Waals surface area contributed by atoms with Crippen LogP contribution >= 0.6 is 0 Å². The SMILES string of the molecule is COC(=O)c1ccc([C@@H](C(=O)NC2CCCCC2)N(C(=O)Cn2nnc3ccccc32)c2cccc(C(=O)OC)c2)cc1. The normalized spacial score (nSPS) is 14.1. The van der Waals surface area contributed by atoms with Gasteiger partial charge in [0.2, 0.25) is 11.8 Å². The van der Waals surface area contributed by atoms with E-state index in [4.69, 9.17) is 9.47 Å². The van der Waals surface area contributed by atoms with E-state index in [1.165, 1.54) is 29.9 Å². The predicted molar refractivity (Wildman–Crippen MR) is 158 cm³/mol. The first-order chi connectivity index (χ1) is 20.9. The van der Waals surface area contributed by atoms with Gasteiger partial charge in [0.25, 0.3) is 0 Å². The molecular formula is C32H33N5O6. The highest BCUT2D eigenvalue weighted by molar-refractivity contribution is 6.03. The Kier molecular flexibility index (Phi) is 9.09. The fourth-order valence-electron chi connectivity index (χ4n) is 5.44. The first-order valence-corrected chi connectivity index (χ1v) is 14.2. The van der Waals surface area contributed by atoms with Crippen LogP contribution < -0.4 is 10.2 Å². The fraction of sp³-hybridized carbons (Fsp3) is 0.312. The summed E-state index contributed by atoms with van der Waals surface area (Å²) in [5.74, 6) is -1.94. The van der Waals surface area contributed by atoms with E-state index in [0.717, 1.165) is 32.1 Å². The van der Waals surface area contributed by atoms with Crippen LogP contribution in [-0.2, 0) is 25.6 Å². The van der Waals surface area contributed by atoms with Crippen LogP contribution in [0.3, 0.4) is 0 Å². The molecule has 1 fully saturated rings. The number of benzene rings is 3. The molecular weight excluding hydrogens is 550 g/mol. The van der Waals surface area contributed by atoms with E-state index >= 15 is 0 Å². The summed E-state index contributed by atoms with van der Waals surface area (Å²) in [6.07, 6.45) is 4.81. The molecule has 2 amide bonds. The molecule has 0 bridgehead atoms. The fourth-order valence-corrected chi connectivity index (χ4v) is 5.44. The summed E-state index contributed by atoms with van der Waals surface area (Å²) in [5, 5.41) is 11.5. The number of hydrogen-bond donors (Lipinski definition) is 1. The van der Waals surface area contributed by atoms with Crippen LogP contribution in [-0.4, -0.2) is 59.0 Å². The van der Waals surface area contributed by atoms with Crippen molar-refractivity contribution in [2.45, 2.75) is 50.7 Å². The number of para-hydroxylation sites is 1. The summed E-state index contributed by atoms with van der Waals surface area (Å²) >= 11 is 0. The van der Waals surface area contributed by atoms with Crippen LogP contribution in [0.25, 0.3) is 11.0 Å². The molecule has 0 radical (unpaired) electrons. The quantitative estimate of drug-likeness (QED) is 0.290. The Morgan fingerprint density at radius 3 is 2.30 bits per heavy atom. The molecule has 222 valence electrons. The molecule has 1 heterocycles. The molecule has 1 aromatic heterocycles. The molecule has 11 heteroatoms. The van der Waals surface area contributed by atoms with E-state index in [-0.39, 0.29) is 24.1 Å². The van der Waals surface area contributed by atoms with Gasteiger partial charge in [0, 0.05) is 11.7 Å². The van der Waals surface area contributed by atoms with Crippen molar-refractivity contribution in [3.63, 3.8) is 0 Å². The Morgan fingerprint density at radius 2 is 1.58 bits per heavy atom. The van der Waals surface area contributed by atoms with Gasteiger partial charge >= 0.3 is 11.9 Å². The second-order valence-corrected chi connectivity index (χ2v) is 10.4. The van der Waals surface area contributed by atoms with Crippen molar-refractivity contribution in [1.82, 2.24) is 20.3 Å². The minimum Gasteiger partial charge on any atom is -0.465 e. The van der Waals surface area contributed by atoms with Crippen LogP contribution in [0, 0.1) is 0 Å². The lowest BCUT2D eigenvalue weighted by Gasteiger charge is -2.33. The number of ether oxygens (including phenoxy) is 2. The van der Waals surface area contributed by atoms with E-state index in [1.54, 1.807) is 48.5 Å². The van der Waals surface area contributed by atoms with E-state index in [2.05, 4.69) is 15.6 Å². The average Bonchev–Trinajstić information content (AvgIpc) is 3.45. The summed E-state index contributed by atoms with van der Waals surface area (Å²) < 4.78 is 11.2. The number of aromatic nitrogens is 3. The number of amides is 2. The van der Waals surface area contributed by atoms with Crippen molar-refractivity contribution in [2.75, 3.05) is 19.1 Å². The molecule has 3 aromatic carbocycles. The van der Waals surface area contributed by atoms with Gasteiger partial charge in [0.05, 0.1) is 30.9 Å². The van der Waals surface area contributed by atoms with Crippen molar-refractivity contribution in [1.29, 1.82) is 0 Å². The van der Waals surface area contributed by atoms with Crippen molar-refractivity contribution >= 4 is 40.5 Å². The summed E-state index contributed by atoms with van der Waals surface area (Å²) in [4.78, 5) is 54.4. The summed E-state index contributed by atoms with van der Waals surface area (Å²) in [6.45, 7) is -0.226. The van der Waals surface area contributed by atoms with Crippen molar-refractivity contribution < 1.29 is 28.7 Å². The summed E-state index contributed by atoms with van der Waals surface area (Å²) in [7, 11) is 2.57. The molecule has 1 atom stereocenters. The Balaban J connectivity index is 1.61. The lowest BCUT2D eigenvalue weighted by atomic mass is 9.94. The highest BCUT2D eigenvalue weighted by atomic mass is 16.5. The van der Waals surface area contributed by atoms with Gasteiger partial charge in [-0.15, -0.1) is 5.10 Å². The molecule has 0 spiro atoms. The number of fused-ring (bicyclic) bond motifs is 1. The standard InChI is InChI=1S/C32H33N5O6/c1-42-31(40)22-17-15-21(16-18-22)29(30(39)33-24-10-4-3-5-11-24)37(25-12-8-9-23(19-25)32(41)43-2)28(38)20-36-27-14-7-6-13-26(27)34-35-36/h6-9,12-19,24,29H,3-5,10-11,20H2,1-2H3,(H,33,39)/t29-/m0/s1. The number of carbonyl (C=O) groups excluding carboxylic acids is 4. The number of esters is 2. The lowest BCUT2D eigenvalue weighted by Crippen LogP contribution is -2.48. The van der Waals surface area contributed by atoms with Gasteiger partial charge < -0.3 is 14.8 Å². The maximum atomic E-state index is 14.3. The van der Waals surface area contributed by atoms with Gasteiger partial charge in [-0.1, -0.05) is 54.8 Å². The third-order valence-electron chi connectivity index (χ3n) is 7.62. The zero-order valence-corrected chi connectivity index (χ0v) is 24.1. The Labute approximate surface area is 248 Å². The molecule has 1 N–H and O–H groups in total. The number of nitrogens with one attached hydrogen (secondary N) is 1. The van der Waals surface area contributed by atoms with E-state index in [0.29, 0.717) is 27.8 Å². The number of methoxy groups -OCH3 is 2. The third kappa shape index (κ3) is 6.56. The molecule has 0 saturated heterocycles. The topological polar surface area (TPSA) is 133 Å². The van der Waals surface area contributed by atoms with Gasteiger partial charge in [-0.2, -0.15) is 0 Å². The van der Waals surface area contributed by atoms with Crippen LogP contribution in [0.5, 0.6) is 0 Å². The van der Waals surface area contributed by atoms with Crippen LogP contribution in [0.4, 0.5) is 5.69 Å². The molecule has 1 saturated carbocycles. The van der Waals surface area contributed by atoms with Crippen LogP contribution in [0.1, 0.15) is 64.4 Å². The first kappa shape index (κ1) is 29.4. The zero-order valence-electron chi connectivity index (χ0n) is 24.1. The second-order valence-electron chi connectivity index (χ2n) is 10.4. The summed E-state index contributed by atoms with van der Waals surface area (Å²) in [6, 6.07) is 18.9. The Morgan fingerprint density at radius 1 is 0.884 bits per heavy atom. The van der Waals surface area contributed by atoms with Gasteiger partial charge in [-0.05, 0) is 60.9 Å². The highest BCUT2D eigenvalue weighted by Gasteiger charge is 2.35. The largest absolute Gasteiger partial charge is 0.465 e. The van der Waals surface area contributed by atoms with Crippen molar-refractivity contribution in [3.8, 4) is 0 Å². The molecule has 0 aliphatic heterocycles. The Bertz CT molecular complexity index is 1630. The predicted octanol–water partition coefficient (Wildman–Crippen LogP) is 4.23.